The van der Waals surface area contributed by atoms with Crippen LogP contribution in [0.25, 0.3) is 0 Å². The lowest BCUT2D eigenvalue weighted by molar-refractivity contribution is -0.138. The van der Waals surface area contributed by atoms with Crippen molar-refractivity contribution in [3.8, 4) is 0 Å². The molecule has 0 bridgehead atoms. The highest BCUT2D eigenvalue weighted by atomic mass is 35.5. The van der Waals surface area contributed by atoms with Gasteiger partial charge >= 0.3 is 0 Å². The molecular weight excluding hydrogens is 284 g/mol. The summed E-state index contributed by atoms with van der Waals surface area (Å²) in [4.78, 5) is 14.8. The number of hydrogen-bond donors (Lipinski definition) is 1. The Morgan fingerprint density at radius 1 is 1.29 bits per heavy atom. The van der Waals surface area contributed by atoms with Crippen molar-refractivity contribution in [2.75, 3.05) is 13.6 Å². The van der Waals surface area contributed by atoms with Crippen LogP contribution in [0.1, 0.15) is 32.3 Å². The molecule has 2 atom stereocenters. The molecular formula is C17H27ClN2O. The Labute approximate surface area is 134 Å². The average Bonchev–Trinajstić information content (AvgIpc) is 3.29. The van der Waals surface area contributed by atoms with E-state index in [1.807, 2.05) is 32.2 Å². The van der Waals surface area contributed by atoms with Gasteiger partial charge in [0.05, 0.1) is 0 Å². The minimum Gasteiger partial charge on any atom is -0.335 e. The number of hydrogen-bond acceptors (Lipinski definition) is 2. The van der Waals surface area contributed by atoms with Gasteiger partial charge in [0, 0.05) is 25.0 Å². The van der Waals surface area contributed by atoms with Crippen molar-refractivity contribution in [3.63, 3.8) is 0 Å². The van der Waals surface area contributed by atoms with E-state index >= 15 is 0 Å². The molecule has 0 radical (unpaired) electrons. The highest BCUT2D eigenvalue weighted by Crippen LogP contribution is 2.36. The molecule has 3 nitrogen and oxygen atoms in total. The summed E-state index contributed by atoms with van der Waals surface area (Å²) in [6.45, 7) is 5.67. The maximum Gasteiger partial charge on any atom is 0.227 e. The normalized spacial score (nSPS) is 16.7. The quantitative estimate of drug-likeness (QED) is 0.839. The Hall–Kier alpha value is -1.06. The fourth-order valence-electron chi connectivity index (χ4n) is 2.71. The summed E-state index contributed by atoms with van der Waals surface area (Å²) >= 11 is 0. The smallest absolute Gasteiger partial charge is 0.227 e. The van der Waals surface area contributed by atoms with Gasteiger partial charge in [-0.05, 0) is 38.3 Å². The van der Waals surface area contributed by atoms with Crippen molar-refractivity contribution in [3.05, 3.63) is 35.9 Å². The molecule has 118 valence electrons. The molecule has 1 aromatic carbocycles. The minimum absolute atomic E-state index is 0. The van der Waals surface area contributed by atoms with Gasteiger partial charge in [0.2, 0.25) is 5.91 Å². The molecule has 4 heteroatoms. The van der Waals surface area contributed by atoms with E-state index in [4.69, 9.17) is 0 Å². The predicted molar refractivity (Wildman–Crippen MR) is 89.5 cm³/mol. The summed E-state index contributed by atoms with van der Waals surface area (Å²) in [6.07, 6.45) is 2.53. The fourth-order valence-corrected chi connectivity index (χ4v) is 2.71. The molecule has 0 saturated heterocycles. The third-order valence-corrected chi connectivity index (χ3v) is 4.21. The van der Waals surface area contributed by atoms with Gasteiger partial charge in [-0.3, -0.25) is 4.79 Å². The number of nitrogens with one attached hydrogen (secondary N) is 1. The number of nitrogens with zero attached hydrogens (tertiary/aromatic N) is 1. The maximum absolute atomic E-state index is 12.7. The van der Waals surface area contributed by atoms with Crippen molar-refractivity contribution in [2.45, 2.75) is 39.3 Å². The van der Waals surface area contributed by atoms with Gasteiger partial charge in [-0.2, -0.15) is 0 Å². The lowest BCUT2D eigenvalue weighted by Gasteiger charge is -2.32. The van der Waals surface area contributed by atoms with E-state index < -0.39 is 0 Å². The second-order valence-corrected chi connectivity index (χ2v) is 5.99. The Balaban J connectivity index is 0.00000220. The number of benzene rings is 1. The van der Waals surface area contributed by atoms with Crippen LogP contribution in [0.2, 0.25) is 0 Å². The molecule has 1 aliphatic carbocycles. The minimum atomic E-state index is 0. The third kappa shape index (κ3) is 5.01. The SMILES string of the molecule is CNCC(C)C(=O)N(Cc1ccccc1)C(C)C1CC1.Cl. The van der Waals surface area contributed by atoms with Crippen LogP contribution in [0.4, 0.5) is 0 Å². The molecule has 2 unspecified atom stereocenters. The first-order valence-corrected chi connectivity index (χ1v) is 7.62. The van der Waals surface area contributed by atoms with Crippen LogP contribution in [-0.2, 0) is 11.3 Å². The Bertz CT molecular complexity index is 434. The summed E-state index contributed by atoms with van der Waals surface area (Å²) in [6, 6.07) is 10.6. The molecule has 1 aliphatic rings. The lowest BCUT2D eigenvalue weighted by Crippen LogP contribution is -2.44. The topological polar surface area (TPSA) is 32.3 Å². The van der Waals surface area contributed by atoms with Gasteiger partial charge in [-0.1, -0.05) is 37.3 Å². The van der Waals surface area contributed by atoms with Gasteiger partial charge in [-0.25, -0.2) is 0 Å². The van der Waals surface area contributed by atoms with E-state index in [-0.39, 0.29) is 24.2 Å². The average molecular weight is 311 g/mol. The number of halogens is 1. The first kappa shape index (κ1) is 18.0. The Kier molecular flexibility index (Phi) is 7.20. The summed E-state index contributed by atoms with van der Waals surface area (Å²) in [7, 11) is 1.90. The van der Waals surface area contributed by atoms with Crippen LogP contribution < -0.4 is 5.32 Å². The molecule has 0 spiro atoms. The second kappa shape index (κ2) is 8.40. The van der Waals surface area contributed by atoms with E-state index in [0.717, 1.165) is 13.1 Å². The number of rotatable bonds is 7. The molecule has 0 heterocycles. The van der Waals surface area contributed by atoms with Gasteiger partial charge in [0.15, 0.2) is 0 Å². The van der Waals surface area contributed by atoms with Crippen LogP contribution in [-0.4, -0.2) is 30.4 Å². The highest BCUT2D eigenvalue weighted by Gasteiger charge is 2.35. The molecule has 1 aromatic rings. The summed E-state index contributed by atoms with van der Waals surface area (Å²) in [5, 5.41) is 3.10. The first-order chi connectivity index (χ1) is 9.63. The monoisotopic (exact) mass is 310 g/mol. The zero-order valence-corrected chi connectivity index (χ0v) is 14.0. The fraction of sp³-hybridized carbons (Fsp3) is 0.588. The second-order valence-electron chi connectivity index (χ2n) is 5.99. The summed E-state index contributed by atoms with van der Waals surface area (Å²) in [5.74, 6) is 0.997. The highest BCUT2D eigenvalue weighted by molar-refractivity contribution is 5.85. The summed E-state index contributed by atoms with van der Waals surface area (Å²) in [5.41, 5.74) is 1.21. The number of amides is 1. The predicted octanol–water partition coefficient (Wildman–Crippen LogP) is 3.09. The van der Waals surface area contributed by atoms with Crippen LogP contribution in [0.3, 0.4) is 0 Å². The zero-order valence-electron chi connectivity index (χ0n) is 13.2. The molecule has 1 fully saturated rings. The summed E-state index contributed by atoms with van der Waals surface area (Å²) < 4.78 is 0. The van der Waals surface area contributed by atoms with Crippen molar-refractivity contribution in [2.24, 2.45) is 11.8 Å². The number of carbonyl (C=O) groups excluding carboxylic acids is 1. The maximum atomic E-state index is 12.7. The van der Waals surface area contributed by atoms with Gasteiger partial charge in [-0.15, -0.1) is 12.4 Å². The lowest BCUT2D eigenvalue weighted by atomic mass is 10.1. The van der Waals surface area contributed by atoms with Crippen LogP contribution in [0.5, 0.6) is 0 Å². The van der Waals surface area contributed by atoms with E-state index in [1.165, 1.54) is 18.4 Å². The third-order valence-electron chi connectivity index (χ3n) is 4.21. The standard InChI is InChI=1S/C17H26N2O.ClH/c1-13(11-18-3)17(20)19(14(2)16-9-10-16)12-15-7-5-4-6-8-15;/h4-8,13-14,16,18H,9-12H2,1-3H3;1H. The van der Waals surface area contributed by atoms with Crippen LogP contribution >= 0.6 is 12.4 Å². The van der Waals surface area contributed by atoms with Crippen LogP contribution in [0.15, 0.2) is 30.3 Å². The molecule has 1 amide bonds. The number of carbonyl (C=O) groups is 1. The van der Waals surface area contributed by atoms with Crippen molar-refractivity contribution >= 4 is 18.3 Å². The van der Waals surface area contributed by atoms with Gasteiger partial charge in [0.25, 0.3) is 0 Å². The van der Waals surface area contributed by atoms with E-state index in [1.54, 1.807) is 0 Å². The Morgan fingerprint density at radius 2 is 1.90 bits per heavy atom. The molecule has 0 aromatic heterocycles. The zero-order chi connectivity index (χ0) is 14.5. The molecule has 0 aliphatic heterocycles. The molecule has 1 saturated carbocycles. The van der Waals surface area contributed by atoms with Crippen molar-refractivity contribution in [1.82, 2.24) is 10.2 Å². The van der Waals surface area contributed by atoms with Crippen LogP contribution in [0, 0.1) is 11.8 Å². The molecule has 1 N–H and O–H groups in total. The molecule has 21 heavy (non-hydrogen) atoms. The van der Waals surface area contributed by atoms with E-state index in [9.17, 15) is 4.79 Å². The van der Waals surface area contributed by atoms with E-state index in [0.29, 0.717) is 12.0 Å². The van der Waals surface area contributed by atoms with Crippen molar-refractivity contribution in [1.29, 1.82) is 0 Å². The van der Waals surface area contributed by atoms with E-state index in [2.05, 4.69) is 29.3 Å². The largest absolute Gasteiger partial charge is 0.335 e. The van der Waals surface area contributed by atoms with Gasteiger partial charge < -0.3 is 10.2 Å². The first-order valence-electron chi connectivity index (χ1n) is 7.62. The van der Waals surface area contributed by atoms with Gasteiger partial charge in [0.1, 0.15) is 0 Å². The van der Waals surface area contributed by atoms with Crippen molar-refractivity contribution < 1.29 is 4.79 Å². The Morgan fingerprint density at radius 3 is 2.43 bits per heavy atom. The molecule has 2 rings (SSSR count).